The van der Waals surface area contributed by atoms with Crippen molar-refractivity contribution in [3.8, 4) is 0 Å². The third kappa shape index (κ3) is 2.28. The van der Waals surface area contributed by atoms with E-state index < -0.39 is 11.7 Å². The lowest BCUT2D eigenvalue weighted by molar-refractivity contribution is -0.274. The highest BCUT2D eigenvalue weighted by atomic mass is 16.5. The van der Waals surface area contributed by atoms with Crippen LogP contribution in [0.2, 0.25) is 0 Å². The molecule has 32 heavy (non-hydrogen) atoms. The van der Waals surface area contributed by atoms with Crippen LogP contribution < -0.4 is 0 Å². The van der Waals surface area contributed by atoms with Crippen molar-refractivity contribution < 1.29 is 29.2 Å². The van der Waals surface area contributed by atoms with E-state index >= 15 is 0 Å². The SMILES string of the molecule is CCN1C[C@]2(COC)CC[C@H](O)C34C5C[C@@H]6C(OC)C[C@@](O)(C5[C@H]6OC(C)=O)[C@@H](CC32)[C@@H]14. The molecule has 6 rings (SSSR count). The summed E-state index contributed by atoms with van der Waals surface area (Å²) in [7, 11) is 3.51. The van der Waals surface area contributed by atoms with Crippen molar-refractivity contribution in [1.82, 2.24) is 4.90 Å². The summed E-state index contributed by atoms with van der Waals surface area (Å²) >= 11 is 0. The minimum absolute atomic E-state index is 0.0138. The maximum Gasteiger partial charge on any atom is 0.302 e. The van der Waals surface area contributed by atoms with Gasteiger partial charge < -0.3 is 24.4 Å². The van der Waals surface area contributed by atoms with Crippen LogP contribution in [0, 0.1) is 40.4 Å². The van der Waals surface area contributed by atoms with Crippen molar-refractivity contribution in [2.45, 2.75) is 75.9 Å². The molecule has 0 aromatic heterocycles. The molecule has 6 aliphatic rings. The third-order valence-corrected chi connectivity index (χ3v) is 11.2. The Balaban J connectivity index is 1.56. The lowest BCUT2D eigenvalue weighted by atomic mass is 9.43. The number of fused-ring (bicyclic) bond motifs is 2. The number of nitrogens with zero attached hydrogens (tertiary/aromatic N) is 1. The molecule has 0 radical (unpaired) electrons. The van der Waals surface area contributed by atoms with Gasteiger partial charge in [-0.3, -0.25) is 9.69 Å². The number of likely N-dealkylation sites (tertiary alicyclic amines) is 1. The quantitative estimate of drug-likeness (QED) is 0.614. The van der Waals surface area contributed by atoms with E-state index in [-0.39, 0.29) is 58.7 Å². The second-order valence-corrected chi connectivity index (χ2v) is 11.8. The van der Waals surface area contributed by atoms with Gasteiger partial charge in [-0.1, -0.05) is 6.92 Å². The average Bonchev–Trinajstić information content (AvgIpc) is 3.20. The van der Waals surface area contributed by atoms with Crippen LogP contribution in [0.25, 0.3) is 0 Å². The fourth-order valence-corrected chi connectivity index (χ4v) is 10.7. The summed E-state index contributed by atoms with van der Waals surface area (Å²) in [5.41, 5.74) is -1.20. The molecule has 7 heteroatoms. The summed E-state index contributed by atoms with van der Waals surface area (Å²) in [4.78, 5) is 14.7. The number of rotatable bonds is 5. The number of aliphatic hydroxyl groups excluding tert-OH is 1. The average molecular weight is 450 g/mol. The highest BCUT2D eigenvalue weighted by Crippen LogP contribution is 2.79. The number of piperidine rings is 1. The van der Waals surface area contributed by atoms with Crippen LogP contribution in [0.3, 0.4) is 0 Å². The maximum absolute atomic E-state index is 12.5. The molecule has 180 valence electrons. The Morgan fingerprint density at radius 1 is 1.22 bits per heavy atom. The van der Waals surface area contributed by atoms with Crippen LogP contribution in [0.1, 0.15) is 46.0 Å². The summed E-state index contributed by atoms with van der Waals surface area (Å²) in [5.74, 6) is 0.164. The van der Waals surface area contributed by atoms with Crippen molar-refractivity contribution in [2.75, 3.05) is 33.9 Å². The Morgan fingerprint density at radius 2 is 2.00 bits per heavy atom. The van der Waals surface area contributed by atoms with Crippen molar-refractivity contribution in [1.29, 1.82) is 0 Å². The van der Waals surface area contributed by atoms with E-state index in [4.69, 9.17) is 14.2 Å². The highest BCUT2D eigenvalue weighted by molar-refractivity contribution is 5.66. The number of carbonyl (C=O) groups is 1. The van der Waals surface area contributed by atoms with Crippen LogP contribution in [0.15, 0.2) is 0 Å². The number of hydrogen-bond donors (Lipinski definition) is 2. The lowest BCUT2D eigenvalue weighted by Gasteiger charge is -2.69. The highest BCUT2D eigenvalue weighted by Gasteiger charge is 2.83. The van der Waals surface area contributed by atoms with Gasteiger partial charge in [-0.15, -0.1) is 0 Å². The smallest absolute Gasteiger partial charge is 0.302 e. The van der Waals surface area contributed by atoms with Crippen molar-refractivity contribution in [3.63, 3.8) is 0 Å². The Bertz CT molecular complexity index is 807. The van der Waals surface area contributed by atoms with Gasteiger partial charge in [0.15, 0.2) is 0 Å². The summed E-state index contributed by atoms with van der Waals surface area (Å²) < 4.78 is 17.7. The Morgan fingerprint density at radius 3 is 2.66 bits per heavy atom. The Hall–Kier alpha value is -0.730. The molecule has 1 aliphatic heterocycles. The number of aliphatic hydroxyl groups is 2. The van der Waals surface area contributed by atoms with Gasteiger partial charge in [0.2, 0.25) is 0 Å². The minimum Gasteiger partial charge on any atom is -0.462 e. The standard InChI is InChI=1S/C25H39NO6/c1-5-26-11-23(12-30-3)7-6-19(28)25-15-8-14-17(31-4)10-24(29,16(22(25)26)9-18(23)25)20(15)21(14)32-13(2)27/h14-22,28-29H,5-12H2,1-4H3/t14-,15?,16+,17?,18?,19+,20?,21+,22-,23+,24+,25?/m1/s1. The van der Waals surface area contributed by atoms with E-state index in [1.807, 2.05) is 0 Å². The molecule has 5 aliphatic carbocycles. The van der Waals surface area contributed by atoms with Gasteiger partial charge in [-0.2, -0.15) is 0 Å². The van der Waals surface area contributed by atoms with E-state index in [2.05, 4.69) is 11.8 Å². The third-order valence-electron chi connectivity index (χ3n) is 11.2. The van der Waals surface area contributed by atoms with Crippen LogP contribution in [-0.2, 0) is 19.0 Å². The molecule has 0 amide bonds. The van der Waals surface area contributed by atoms with E-state index in [0.29, 0.717) is 18.9 Å². The zero-order chi connectivity index (χ0) is 22.6. The Kier molecular flexibility index (Phi) is 4.70. The van der Waals surface area contributed by atoms with Crippen LogP contribution in [0.4, 0.5) is 0 Å². The molecule has 1 saturated heterocycles. The molecule has 12 atom stereocenters. The first-order valence-corrected chi connectivity index (χ1v) is 12.6. The second-order valence-electron chi connectivity index (χ2n) is 11.8. The molecule has 0 aromatic carbocycles. The monoisotopic (exact) mass is 449 g/mol. The molecule has 5 saturated carbocycles. The fourth-order valence-electron chi connectivity index (χ4n) is 10.7. The maximum atomic E-state index is 12.5. The summed E-state index contributed by atoms with van der Waals surface area (Å²) in [6.07, 6.45) is 3.27. The fraction of sp³-hybridized carbons (Fsp3) is 0.960. The molecule has 0 aromatic rings. The minimum atomic E-state index is -0.942. The van der Waals surface area contributed by atoms with E-state index in [1.54, 1.807) is 14.2 Å². The predicted molar refractivity (Wildman–Crippen MR) is 116 cm³/mol. The van der Waals surface area contributed by atoms with Crippen molar-refractivity contribution in [2.24, 2.45) is 40.4 Å². The summed E-state index contributed by atoms with van der Waals surface area (Å²) in [6.45, 7) is 6.27. The lowest BCUT2D eigenvalue weighted by Crippen LogP contribution is -2.76. The van der Waals surface area contributed by atoms with Gasteiger partial charge >= 0.3 is 5.97 Å². The van der Waals surface area contributed by atoms with Gasteiger partial charge in [0.25, 0.3) is 0 Å². The molecule has 7 nitrogen and oxygen atoms in total. The zero-order valence-electron chi connectivity index (χ0n) is 19.8. The largest absolute Gasteiger partial charge is 0.462 e. The van der Waals surface area contributed by atoms with Crippen molar-refractivity contribution in [3.05, 3.63) is 0 Å². The molecule has 6 fully saturated rings. The van der Waals surface area contributed by atoms with Crippen LogP contribution in [0.5, 0.6) is 0 Å². The van der Waals surface area contributed by atoms with Gasteiger partial charge in [0.05, 0.1) is 24.4 Å². The van der Waals surface area contributed by atoms with E-state index in [1.165, 1.54) is 6.92 Å². The molecule has 5 unspecified atom stereocenters. The number of carbonyl (C=O) groups excluding carboxylic acids is 1. The first kappa shape index (κ1) is 21.8. The first-order chi connectivity index (χ1) is 15.3. The van der Waals surface area contributed by atoms with Crippen molar-refractivity contribution >= 4 is 5.97 Å². The second kappa shape index (κ2) is 6.91. The van der Waals surface area contributed by atoms with Crippen LogP contribution >= 0.6 is 0 Å². The normalized spacial score (nSPS) is 57.5. The molecule has 2 N–H and O–H groups in total. The van der Waals surface area contributed by atoms with Gasteiger partial charge in [-0.05, 0) is 44.1 Å². The predicted octanol–water partition coefficient (Wildman–Crippen LogP) is 1.45. The topological polar surface area (TPSA) is 88.5 Å². The molecular formula is C25H39NO6. The molecular weight excluding hydrogens is 410 g/mol. The van der Waals surface area contributed by atoms with E-state index in [0.717, 1.165) is 38.8 Å². The number of methoxy groups -OCH3 is 2. The first-order valence-electron chi connectivity index (χ1n) is 12.6. The van der Waals surface area contributed by atoms with Gasteiger partial charge in [-0.25, -0.2) is 0 Å². The molecule has 1 spiro atoms. The molecule has 7 bridgehead atoms. The summed E-state index contributed by atoms with van der Waals surface area (Å²) in [6, 6.07) is 0.163. The van der Waals surface area contributed by atoms with Crippen LogP contribution in [-0.4, -0.2) is 85.0 Å². The number of esters is 1. The zero-order valence-corrected chi connectivity index (χ0v) is 19.8. The number of hydrogen-bond acceptors (Lipinski definition) is 7. The molecule has 1 heterocycles. The van der Waals surface area contributed by atoms with E-state index in [9.17, 15) is 15.0 Å². The summed E-state index contributed by atoms with van der Waals surface area (Å²) in [5, 5.41) is 24.4. The Labute approximate surface area is 190 Å². The van der Waals surface area contributed by atoms with Gasteiger partial charge in [0.1, 0.15) is 6.10 Å². The number of ether oxygens (including phenoxy) is 3. The van der Waals surface area contributed by atoms with Gasteiger partial charge in [0, 0.05) is 68.7 Å².